The molecule has 4 bridgehead atoms. The summed E-state index contributed by atoms with van der Waals surface area (Å²) in [6, 6.07) is 32.2. The molecule has 0 saturated heterocycles. The van der Waals surface area contributed by atoms with Crippen molar-refractivity contribution < 1.29 is 31.3 Å². The molecular formula is C31H33F2NO5S2. The third kappa shape index (κ3) is 7.10. The van der Waals surface area contributed by atoms with E-state index in [1.165, 1.54) is 14.7 Å². The molecule has 3 aromatic carbocycles. The minimum Gasteiger partial charge on any atom is -0.743 e. The molecule has 10 heteroatoms. The predicted molar refractivity (Wildman–Crippen MR) is 152 cm³/mol. The summed E-state index contributed by atoms with van der Waals surface area (Å²) in [5.74, 6) is 1.65. The molecule has 0 atom stereocenters. The topological polar surface area (TPSA) is 95.5 Å². The third-order valence-electron chi connectivity index (χ3n) is 8.08. The van der Waals surface area contributed by atoms with Crippen molar-refractivity contribution in [3.8, 4) is 0 Å². The Bertz CT molecular complexity index is 1290. The molecule has 0 aliphatic heterocycles. The van der Waals surface area contributed by atoms with Gasteiger partial charge in [-0.2, -0.15) is 8.78 Å². The standard InChI is InChI=1S/C18H15S.C13H19F2NO5S/c1-4-10-16(11-5-1)19(17-12-6-2-7-13-17)18-14-8-3-9-15-18;14-13(15,22(18,19)20)7-21-11(17)16-12-4-8-1-9(5-12)3-10(2-8)6-12/h1-15H;8-10H,1-7H2,(H,16,17)(H,18,19,20)/q+1;/p-1. The van der Waals surface area contributed by atoms with Crippen molar-refractivity contribution in [2.75, 3.05) is 6.61 Å². The van der Waals surface area contributed by atoms with Gasteiger partial charge in [-0.05, 0) is 92.7 Å². The van der Waals surface area contributed by atoms with E-state index in [4.69, 9.17) is 0 Å². The van der Waals surface area contributed by atoms with Crippen molar-refractivity contribution in [3.05, 3.63) is 91.0 Å². The molecule has 0 aromatic heterocycles. The number of nitrogens with one attached hydrogen (secondary N) is 1. The quantitative estimate of drug-likeness (QED) is 0.243. The van der Waals surface area contributed by atoms with Gasteiger partial charge in [0.25, 0.3) is 0 Å². The van der Waals surface area contributed by atoms with Crippen LogP contribution >= 0.6 is 0 Å². The maximum absolute atomic E-state index is 13.0. The highest BCUT2D eigenvalue weighted by atomic mass is 32.2. The lowest BCUT2D eigenvalue weighted by atomic mass is 9.53. The van der Waals surface area contributed by atoms with Crippen LogP contribution < -0.4 is 5.32 Å². The highest BCUT2D eigenvalue weighted by molar-refractivity contribution is 7.97. The van der Waals surface area contributed by atoms with Crippen molar-refractivity contribution >= 4 is 27.1 Å². The van der Waals surface area contributed by atoms with Crippen molar-refractivity contribution in [3.63, 3.8) is 0 Å². The fourth-order valence-corrected chi connectivity index (χ4v) is 9.12. The number of carbonyl (C=O) groups is 1. The zero-order chi connectivity index (χ0) is 29.1. The van der Waals surface area contributed by atoms with Crippen molar-refractivity contribution in [1.29, 1.82) is 0 Å². The summed E-state index contributed by atoms with van der Waals surface area (Å²) in [6.07, 6.45) is 4.82. The Hall–Kier alpha value is -2.95. The largest absolute Gasteiger partial charge is 0.743 e. The number of hydrogen-bond donors (Lipinski definition) is 1. The zero-order valence-corrected chi connectivity index (χ0v) is 24.1. The maximum Gasteiger partial charge on any atom is 0.407 e. The highest BCUT2D eigenvalue weighted by Gasteiger charge is 2.52. The van der Waals surface area contributed by atoms with Crippen LogP contribution in [-0.4, -0.2) is 36.5 Å². The van der Waals surface area contributed by atoms with Crippen molar-refractivity contribution in [1.82, 2.24) is 5.32 Å². The number of ether oxygens (including phenoxy) is 1. The van der Waals surface area contributed by atoms with Crippen LogP contribution in [0.15, 0.2) is 106 Å². The van der Waals surface area contributed by atoms with Crippen LogP contribution in [0.25, 0.3) is 0 Å². The first-order valence-corrected chi connectivity index (χ1v) is 16.3. The monoisotopic (exact) mass is 601 g/mol. The molecule has 41 heavy (non-hydrogen) atoms. The molecule has 0 heterocycles. The van der Waals surface area contributed by atoms with Gasteiger partial charge in [0, 0.05) is 5.54 Å². The Morgan fingerprint density at radius 1 is 0.805 bits per heavy atom. The fourth-order valence-electron chi connectivity index (χ4n) is 6.82. The third-order valence-corrected chi connectivity index (χ3v) is 11.2. The zero-order valence-electron chi connectivity index (χ0n) is 22.5. The van der Waals surface area contributed by atoms with Gasteiger partial charge in [0.15, 0.2) is 31.4 Å². The number of carbonyl (C=O) groups excluding carboxylic acids is 1. The lowest BCUT2D eigenvalue weighted by Crippen LogP contribution is -2.60. The number of alkyl halides is 2. The number of halogens is 2. The summed E-state index contributed by atoms with van der Waals surface area (Å²) in [5, 5.41) is -1.95. The molecule has 3 aromatic rings. The SMILES string of the molecule is O=C(NC12CC3CC(CC(C3)C1)C2)OCC(F)(F)S(=O)(=O)[O-].c1ccc([S+](c2ccccc2)c2ccccc2)cc1. The summed E-state index contributed by atoms with van der Waals surface area (Å²) in [4.78, 5) is 15.8. The van der Waals surface area contributed by atoms with Gasteiger partial charge < -0.3 is 14.6 Å². The summed E-state index contributed by atoms with van der Waals surface area (Å²) < 4.78 is 61.3. The predicted octanol–water partition coefficient (Wildman–Crippen LogP) is 6.60. The van der Waals surface area contributed by atoms with Crippen LogP contribution in [0.5, 0.6) is 0 Å². The Labute approximate surface area is 242 Å². The van der Waals surface area contributed by atoms with E-state index in [2.05, 4.69) is 101 Å². The fraction of sp³-hybridized carbons (Fsp3) is 0.387. The van der Waals surface area contributed by atoms with Gasteiger partial charge in [0.05, 0.1) is 10.9 Å². The van der Waals surface area contributed by atoms with E-state index in [9.17, 15) is 26.5 Å². The lowest BCUT2D eigenvalue weighted by Gasteiger charge is -2.56. The van der Waals surface area contributed by atoms with E-state index >= 15 is 0 Å². The second kappa shape index (κ2) is 12.1. The van der Waals surface area contributed by atoms with Crippen LogP contribution in [0, 0.1) is 17.8 Å². The normalized spacial score (nSPS) is 24.8. The first kappa shape index (κ1) is 29.5. The Balaban J connectivity index is 0.000000166. The number of hydrogen-bond acceptors (Lipinski definition) is 5. The number of amides is 1. The van der Waals surface area contributed by atoms with E-state index in [0.29, 0.717) is 17.8 Å². The Morgan fingerprint density at radius 2 is 1.17 bits per heavy atom. The number of benzene rings is 3. The van der Waals surface area contributed by atoms with Gasteiger partial charge >= 0.3 is 11.3 Å². The van der Waals surface area contributed by atoms with E-state index < -0.39 is 33.6 Å². The van der Waals surface area contributed by atoms with Crippen LogP contribution in [0.4, 0.5) is 13.6 Å². The molecule has 1 N–H and O–H groups in total. The summed E-state index contributed by atoms with van der Waals surface area (Å²) in [5.41, 5.74) is -0.419. The lowest BCUT2D eigenvalue weighted by molar-refractivity contribution is -0.0285. The summed E-state index contributed by atoms with van der Waals surface area (Å²) in [7, 11) is -5.85. The van der Waals surface area contributed by atoms with E-state index in [-0.39, 0.29) is 10.9 Å². The van der Waals surface area contributed by atoms with Gasteiger partial charge in [-0.1, -0.05) is 54.6 Å². The molecule has 0 spiro atoms. The smallest absolute Gasteiger partial charge is 0.407 e. The molecular weight excluding hydrogens is 568 g/mol. The number of rotatable bonds is 7. The van der Waals surface area contributed by atoms with E-state index in [1.54, 1.807) is 0 Å². The van der Waals surface area contributed by atoms with Crippen LogP contribution in [0.2, 0.25) is 0 Å². The average Bonchev–Trinajstić information content (AvgIpc) is 2.93. The molecule has 1 amide bonds. The Kier molecular flexibility index (Phi) is 8.73. The van der Waals surface area contributed by atoms with Crippen LogP contribution in [0.3, 0.4) is 0 Å². The molecule has 0 unspecified atom stereocenters. The second-order valence-electron chi connectivity index (χ2n) is 11.2. The molecule has 218 valence electrons. The summed E-state index contributed by atoms with van der Waals surface area (Å²) in [6.45, 7) is -1.75. The van der Waals surface area contributed by atoms with Gasteiger partial charge in [0.2, 0.25) is 0 Å². The van der Waals surface area contributed by atoms with E-state index in [1.807, 2.05) is 0 Å². The van der Waals surface area contributed by atoms with Gasteiger partial charge in [-0.15, -0.1) is 0 Å². The highest BCUT2D eigenvalue weighted by Crippen LogP contribution is 2.55. The second-order valence-corrected chi connectivity index (χ2v) is 14.8. The maximum atomic E-state index is 13.0. The molecule has 4 aliphatic rings. The molecule has 4 fully saturated rings. The van der Waals surface area contributed by atoms with Crippen LogP contribution in [0.1, 0.15) is 38.5 Å². The summed E-state index contributed by atoms with van der Waals surface area (Å²) >= 11 is 0. The first-order chi connectivity index (χ1) is 19.5. The minimum atomic E-state index is -5.84. The molecule has 0 radical (unpaired) electrons. The van der Waals surface area contributed by atoms with Crippen LogP contribution in [-0.2, 0) is 25.7 Å². The number of alkyl carbamates (subject to hydrolysis) is 1. The Morgan fingerprint density at radius 3 is 1.51 bits per heavy atom. The molecule has 7 rings (SSSR count). The van der Waals surface area contributed by atoms with Gasteiger partial charge in [-0.3, -0.25) is 0 Å². The first-order valence-electron chi connectivity index (χ1n) is 13.7. The average molecular weight is 602 g/mol. The van der Waals surface area contributed by atoms with Crippen molar-refractivity contribution in [2.24, 2.45) is 17.8 Å². The molecule has 6 nitrogen and oxygen atoms in total. The molecule has 4 saturated carbocycles. The molecule has 4 aliphatic carbocycles. The van der Waals surface area contributed by atoms with Gasteiger partial charge in [-0.25, -0.2) is 13.2 Å². The minimum absolute atomic E-state index is 0.0146. The van der Waals surface area contributed by atoms with Gasteiger partial charge in [0.1, 0.15) is 0 Å². The van der Waals surface area contributed by atoms with E-state index in [0.717, 1.165) is 38.5 Å². The van der Waals surface area contributed by atoms with Crippen molar-refractivity contribution in [2.45, 2.75) is 64.0 Å².